The van der Waals surface area contributed by atoms with Crippen molar-refractivity contribution in [1.82, 2.24) is 29.9 Å². The first-order valence-electron chi connectivity index (χ1n) is 14.8. The van der Waals surface area contributed by atoms with E-state index in [1.807, 2.05) is 97.1 Å². The van der Waals surface area contributed by atoms with Crippen LogP contribution in [0.5, 0.6) is 0 Å². The molecule has 7 rings (SSSR count). The van der Waals surface area contributed by atoms with Crippen molar-refractivity contribution in [1.29, 1.82) is 10.5 Å². The molecular formula is C39H21N9. The van der Waals surface area contributed by atoms with E-state index in [1.165, 1.54) is 0 Å². The molecule has 48 heavy (non-hydrogen) atoms. The number of aromatic nitrogens is 6. The van der Waals surface area contributed by atoms with Gasteiger partial charge in [0.15, 0.2) is 17.5 Å². The number of hydrogen-bond donors (Lipinski definition) is 0. The van der Waals surface area contributed by atoms with Crippen LogP contribution in [0.2, 0.25) is 0 Å². The third-order valence-electron chi connectivity index (χ3n) is 7.72. The monoisotopic (exact) mass is 615 g/mol. The molecule has 7 aromatic rings. The van der Waals surface area contributed by atoms with Crippen molar-refractivity contribution in [3.05, 3.63) is 151 Å². The van der Waals surface area contributed by atoms with Crippen LogP contribution in [0, 0.1) is 29.2 Å². The highest BCUT2D eigenvalue weighted by atomic mass is 15.0. The van der Waals surface area contributed by atoms with Gasteiger partial charge in [0, 0.05) is 45.8 Å². The minimum atomic E-state index is 0.336. The van der Waals surface area contributed by atoms with E-state index in [4.69, 9.17) is 21.5 Å². The number of nitriles is 2. The first-order chi connectivity index (χ1) is 23.6. The van der Waals surface area contributed by atoms with Crippen molar-refractivity contribution >= 4 is 5.82 Å². The van der Waals surface area contributed by atoms with Gasteiger partial charge < -0.3 is 4.85 Å². The van der Waals surface area contributed by atoms with E-state index in [9.17, 15) is 10.5 Å². The fraction of sp³-hybridized carbons (Fsp3) is 0. The van der Waals surface area contributed by atoms with Crippen molar-refractivity contribution in [3.63, 3.8) is 0 Å². The zero-order chi connectivity index (χ0) is 32.9. The molecule has 4 aromatic heterocycles. The van der Waals surface area contributed by atoms with Crippen molar-refractivity contribution in [2.75, 3.05) is 0 Å². The maximum Gasteiger partial charge on any atom is 0.277 e. The summed E-state index contributed by atoms with van der Waals surface area (Å²) in [6.45, 7) is 7.49. The Balaban J connectivity index is 1.30. The van der Waals surface area contributed by atoms with Crippen LogP contribution in [0.3, 0.4) is 0 Å². The molecular weight excluding hydrogens is 594 g/mol. The quantitative estimate of drug-likeness (QED) is 0.171. The van der Waals surface area contributed by atoms with E-state index < -0.39 is 0 Å². The van der Waals surface area contributed by atoms with Crippen molar-refractivity contribution in [3.8, 4) is 79.7 Å². The van der Waals surface area contributed by atoms with Crippen molar-refractivity contribution in [2.24, 2.45) is 0 Å². The summed E-state index contributed by atoms with van der Waals surface area (Å²) >= 11 is 0. The second-order valence-corrected chi connectivity index (χ2v) is 10.5. The van der Waals surface area contributed by atoms with Crippen LogP contribution in [0.1, 0.15) is 11.4 Å². The van der Waals surface area contributed by atoms with Crippen LogP contribution < -0.4 is 0 Å². The lowest BCUT2D eigenvalue weighted by atomic mass is 10.0. The maximum absolute atomic E-state index is 9.53. The van der Waals surface area contributed by atoms with Crippen LogP contribution in [0.25, 0.3) is 72.4 Å². The van der Waals surface area contributed by atoms with Crippen LogP contribution >= 0.6 is 0 Å². The molecule has 222 valence electrons. The second-order valence-electron chi connectivity index (χ2n) is 10.5. The highest BCUT2D eigenvalue weighted by Gasteiger charge is 2.15. The van der Waals surface area contributed by atoms with E-state index in [1.54, 1.807) is 30.7 Å². The van der Waals surface area contributed by atoms with Gasteiger partial charge in [-0.3, -0.25) is 0 Å². The number of nitrogens with zero attached hydrogens (tertiary/aromatic N) is 9. The minimum Gasteiger partial charge on any atom is -0.360 e. The molecule has 0 fully saturated rings. The summed E-state index contributed by atoms with van der Waals surface area (Å²) in [7, 11) is 0. The Morgan fingerprint density at radius 1 is 0.438 bits per heavy atom. The lowest BCUT2D eigenvalue weighted by Gasteiger charge is -2.11. The Labute approximate surface area is 276 Å². The first kappa shape index (κ1) is 29.3. The van der Waals surface area contributed by atoms with Gasteiger partial charge >= 0.3 is 0 Å². The molecule has 9 heteroatoms. The van der Waals surface area contributed by atoms with Gasteiger partial charge in [0.1, 0.15) is 29.7 Å². The molecule has 0 saturated heterocycles. The summed E-state index contributed by atoms with van der Waals surface area (Å²) in [6.07, 6.45) is 4.81. The summed E-state index contributed by atoms with van der Waals surface area (Å²) in [5.41, 5.74) is 7.81. The molecule has 0 unspecified atom stereocenters. The van der Waals surface area contributed by atoms with Crippen molar-refractivity contribution < 1.29 is 0 Å². The molecule has 0 amide bonds. The third kappa shape index (κ3) is 5.73. The van der Waals surface area contributed by atoms with E-state index in [-0.39, 0.29) is 0 Å². The molecule has 0 N–H and O–H groups in total. The average molecular weight is 616 g/mol. The molecule has 0 atom stereocenters. The zero-order valence-corrected chi connectivity index (χ0v) is 25.1. The van der Waals surface area contributed by atoms with Gasteiger partial charge in [-0.25, -0.2) is 24.9 Å². The minimum absolute atomic E-state index is 0.336. The third-order valence-corrected chi connectivity index (χ3v) is 7.72. The maximum atomic E-state index is 9.53. The first-order valence-corrected chi connectivity index (χ1v) is 14.8. The Hall–Kier alpha value is -7.41. The normalized spacial score (nSPS) is 10.4. The van der Waals surface area contributed by atoms with Crippen LogP contribution in [0.15, 0.2) is 128 Å². The van der Waals surface area contributed by atoms with E-state index in [0.717, 1.165) is 50.1 Å². The zero-order valence-electron chi connectivity index (χ0n) is 25.1. The Morgan fingerprint density at radius 2 is 0.771 bits per heavy atom. The number of hydrogen-bond acceptors (Lipinski definition) is 8. The van der Waals surface area contributed by atoms with Gasteiger partial charge in [0.05, 0.1) is 0 Å². The van der Waals surface area contributed by atoms with Crippen LogP contribution in [-0.4, -0.2) is 29.9 Å². The van der Waals surface area contributed by atoms with Gasteiger partial charge in [0.25, 0.3) is 5.82 Å². The largest absolute Gasteiger partial charge is 0.360 e. The van der Waals surface area contributed by atoms with Gasteiger partial charge in [-0.05, 0) is 47.0 Å². The fourth-order valence-corrected chi connectivity index (χ4v) is 5.33. The fourth-order valence-electron chi connectivity index (χ4n) is 5.33. The summed E-state index contributed by atoms with van der Waals surface area (Å²) in [5, 5.41) is 19.1. The van der Waals surface area contributed by atoms with E-state index in [2.05, 4.69) is 31.9 Å². The average Bonchev–Trinajstić information content (AvgIpc) is 3.18. The predicted molar refractivity (Wildman–Crippen MR) is 182 cm³/mol. The molecule has 0 aliphatic heterocycles. The molecule has 0 spiro atoms. The summed E-state index contributed by atoms with van der Waals surface area (Å²) in [5.74, 6) is 1.76. The summed E-state index contributed by atoms with van der Waals surface area (Å²) in [6, 6.07) is 38.4. The smallest absolute Gasteiger partial charge is 0.277 e. The molecule has 3 aromatic carbocycles. The van der Waals surface area contributed by atoms with Gasteiger partial charge in [-0.2, -0.15) is 10.5 Å². The topological polar surface area (TPSA) is 129 Å². The van der Waals surface area contributed by atoms with Crippen molar-refractivity contribution in [2.45, 2.75) is 0 Å². The molecule has 0 aliphatic rings. The molecule has 0 aliphatic carbocycles. The summed E-state index contributed by atoms with van der Waals surface area (Å²) in [4.78, 5) is 30.7. The lowest BCUT2D eigenvalue weighted by molar-refractivity contribution is 1.07. The SMILES string of the molecule is [C-]#[N+]c1ncccc1-c1ccc(-c2nc(-c3ccc(-c4cccnc4C#N)cc3)nc(-c3ccc(-c4cccnc4C#N)cc3)n2)cc1. The Morgan fingerprint density at radius 3 is 1.15 bits per heavy atom. The van der Waals surface area contributed by atoms with Gasteiger partial charge in [0.2, 0.25) is 0 Å². The highest BCUT2D eigenvalue weighted by Crippen LogP contribution is 2.32. The molecule has 0 saturated carbocycles. The Bertz CT molecular complexity index is 2130. The highest BCUT2D eigenvalue weighted by molar-refractivity contribution is 5.78. The van der Waals surface area contributed by atoms with E-state index in [0.29, 0.717) is 34.7 Å². The van der Waals surface area contributed by atoms with E-state index >= 15 is 0 Å². The predicted octanol–water partition coefficient (Wildman–Crippen LogP) is 8.35. The second kappa shape index (κ2) is 12.9. The van der Waals surface area contributed by atoms with Gasteiger partial charge in [-0.15, -0.1) is 4.98 Å². The lowest BCUT2D eigenvalue weighted by Crippen LogP contribution is -2.00. The molecule has 4 heterocycles. The molecule has 9 nitrogen and oxygen atoms in total. The van der Waals surface area contributed by atoms with Crippen LogP contribution in [0.4, 0.5) is 5.82 Å². The standard InChI is InChI=1S/C39H21N9/c1-42-39-33(7-4-22-45-39)27-12-18-30(19-13-27)38-47-36(28-14-8-25(9-15-28)31-5-2-20-43-34(31)23-40)46-37(48-38)29-16-10-26(11-17-29)32-6-3-21-44-35(32)24-41/h2-22H. The Kier molecular flexibility index (Phi) is 7.88. The summed E-state index contributed by atoms with van der Waals surface area (Å²) < 4.78 is 0. The van der Waals surface area contributed by atoms with Gasteiger partial charge in [-0.1, -0.05) is 85.4 Å². The van der Waals surface area contributed by atoms with Crippen LogP contribution in [-0.2, 0) is 0 Å². The molecule has 0 bridgehead atoms. The number of rotatable bonds is 6. The molecule has 0 radical (unpaired) electrons. The number of benzene rings is 3. The number of pyridine rings is 3.